The van der Waals surface area contributed by atoms with Crippen LogP contribution >= 0.6 is 11.8 Å². The van der Waals surface area contributed by atoms with Gasteiger partial charge >= 0.3 is 0 Å². The summed E-state index contributed by atoms with van der Waals surface area (Å²) in [6.07, 6.45) is 0.612. The van der Waals surface area contributed by atoms with E-state index in [0.717, 1.165) is 0 Å². The molecule has 0 saturated heterocycles. The number of nitrogens with zero attached hydrogens (tertiary/aromatic N) is 3. The third-order valence-electron chi connectivity index (χ3n) is 3.89. The van der Waals surface area contributed by atoms with E-state index < -0.39 is 11.2 Å². The van der Waals surface area contributed by atoms with Gasteiger partial charge in [-0.05, 0) is 32.9 Å². The number of aromatic nitrogens is 3. The topological polar surface area (TPSA) is 120 Å². The Morgan fingerprint density at radius 1 is 1.30 bits per heavy atom. The number of ketones is 1. The lowest BCUT2D eigenvalue weighted by Gasteiger charge is -2.13. The van der Waals surface area contributed by atoms with Crippen LogP contribution in [0.2, 0.25) is 0 Å². The van der Waals surface area contributed by atoms with E-state index in [2.05, 4.69) is 15.5 Å². The first kappa shape index (κ1) is 20.6. The van der Waals surface area contributed by atoms with Gasteiger partial charge in [0, 0.05) is 30.6 Å². The van der Waals surface area contributed by atoms with Crippen molar-refractivity contribution in [3.8, 4) is 0 Å². The number of aryl methyl sites for hydroxylation is 1. The highest BCUT2D eigenvalue weighted by Crippen LogP contribution is 2.24. The van der Waals surface area contributed by atoms with E-state index in [9.17, 15) is 14.4 Å². The number of Topliss-reactive ketones (excluding diaryl/α,β-unsaturated/α-hetero) is 1. The summed E-state index contributed by atoms with van der Waals surface area (Å²) in [5.74, 6) is 0.00839. The number of nitrogens with one attached hydrogen (secondary N) is 1. The number of carbonyl (C=O) groups excluding carboxylic acids is 3. The van der Waals surface area contributed by atoms with E-state index in [1.807, 2.05) is 11.5 Å². The minimum Gasteiger partial charge on any atom is -0.370 e. The van der Waals surface area contributed by atoms with Crippen molar-refractivity contribution in [1.82, 2.24) is 14.8 Å². The number of hydrogen-bond acceptors (Lipinski definition) is 6. The third kappa shape index (κ3) is 5.65. The maximum absolute atomic E-state index is 12.5. The molecular formula is C18H23N5O3S. The highest BCUT2D eigenvalue weighted by Gasteiger charge is 2.20. The average Bonchev–Trinajstić information content (AvgIpc) is 3.01. The van der Waals surface area contributed by atoms with E-state index >= 15 is 0 Å². The summed E-state index contributed by atoms with van der Waals surface area (Å²) in [5.41, 5.74) is 6.29. The summed E-state index contributed by atoms with van der Waals surface area (Å²) in [6, 6.07) is 6.81. The van der Waals surface area contributed by atoms with Crippen molar-refractivity contribution >= 4 is 35.0 Å². The van der Waals surface area contributed by atoms with E-state index in [0.29, 0.717) is 35.2 Å². The molecule has 2 aromatic rings. The Labute approximate surface area is 161 Å². The molecule has 0 unspecified atom stereocenters. The fraction of sp³-hybridized carbons (Fsp3) is 0.389. The van der Waals surface area contributed by atoms with Crippen LogP contribution in [0.25, 0.3) is 0 Å². The van der Waals surface area contributed by atoms with Crippen LogP contribution in [0.3, 0.4) is 0 Å². The first-order valence-electron chi connectivity index (χ1n) is 8.60. The molecule has 144 valence electrons. The number of hydrogen-bond donors (Lipinski definition) is 2. The Bertz CT molecular complexity index is 849. The van der Waals surface area contributed by atoms with Crippen LogP contribution in [0.5, 0.6) is 0 Å². The first-order valence-corrected chi connectivity index (χ1v) is 9.48. The number of anilines is 1. The highest BCUT2D eigenvalue weighted by atomic mass is 32.2. The van der Waals surface area contributed by atoms with Crippen LogP contribution in [-0.4, -0.2) is 37.6 Å². The Morgan fingerprint density at radius 2 is 2.04 bits per heavy atom. The molecular weight excluding hydrogens is 366 g/mol. The van der Waals surface area contributed by atoms with E-state index in [1.54, 1.807) is 31.2 Å². The molecule has 9 heteroatoms. The Kier molecular flexibility index (Phi) is 7.12. The first-order chi connectivity index (χ1) is 12.8. The molecule has 1 heterocycles. The SMILES string of the molecule is CCn1c(CCC(N)=O)nnc1S[C@@H](C)C(=O)Nc1cccc(C(C)=O)c1. The molecule has 0 spiro atoms. The Hall–Kier alpha value is -2.68. The number of primary amides is 1. The molecule has 1 aromatic carbocycles. The molecule has 8 nitrogen and oxygen atoms in total. The highest BCUT2D eigenvalue weighted by molar-refractivity contribution is 8.00. The van der Waals surface area contributed by atoms with Gasteiger partial charge in [-0.2, -0.15) is 0 Å². The molecule has 0 aliphatic rings. The van der Waals surface area contributed by atoms with Crippen molar-refractivity contribution in [3.63, 3.8) is 0 Å². The fourth-order valence-corrected chi connectivity index (χ4v) is 3.35. The molecule has 1 atom stereocenters. The van der Waals surface area contributed by atoms with Gasteiger partial charge < -0.3 is 15.6 Å². The average molecular weight is 389 g/mol. The maximum atomic E-state index is 12.5. The second-order valence-electron chi connectivity index (χ2n) is 6.00. The molecule has 0 radical (unpaired) electrons. The second kappa shape index (κ2) is 9.31. The third-order valence-corrected chi connectivity index (χ3v) is 4.97. The van der Waals surface area contributed by atoms with E-state index in [1.165, 1.54) is 18.7 Å². The summed E-state index contributed by atoms with van der Waals surface area (Å²) in [5, 5.41) is 11.2. The molecule has 3 N–H and O–H groups in total. The maximum Gasteiger partial charge on any atom is 0.237 e. The summed E-state index contributed by atoms with van der Waals surface area (Å²) in [7, 11) is 0. The molecule has 2 rings (SSSR count). The Balaban J connectivity index is 2.05. The minimum absolute atomic E-state index is 0.0620. The van der Waals surface area contributed by atoms with E-state index in [4.69, 9.17) is 5.73 Å². The van der Waals surface area contributed by atoms with Crippen molar-refractivity contribution in [2.75, 3.05) is 5.32 Å². The van der Waals surface area contributed by atoms with E-state index in [-0.39, 0.29) is 18.1 Å². The normalized spacial score (nSPS) is 11.8. The van der Waals surface area contributed by atoms with Gasteiger partial charge in [-0.3, -0.25) is 14.4 Å². The quantitative estimate of drug-likeness (QED) is 0.500. The van der Waals surface area contributed by atoms with Gasteiger partial charge in [0.2, 0.25) is 11.8 Å². The zero-order valence-corrected chi connectivity index (χ0v) is 16.4. The summed E-state index contributed by atoms with van der Waals surface area (Å²) < 4.78 is 1.87. The van der Waals surface area contributed by atoms with Gasteiger partial charge in [0.1, 0.15) is 5.82 Å². The lowest BCUT2D eigenvalue weighted by Crippen LogP contribution is -2.23. The number of rotatable bonds is 9. The fourth-order valence-electron chi connectivity index (χ4n) is 2.42. The number of thioether (sulfide) groups is 1. The van der Waals surface area contributed by atoms with Crippen molar-refractivity contribution in [2.45, 2.75) is 50.6 Å². The number of benzene rings is 1. The lowest BCUT2D eigenvalue weighted by molar-refractivity contribution is -0.118. The predicted octanol–water partition coefficient (Wildman–Crippen LogP) is 2.04. The van der Waals surface area contributed by atoms with Crippen LogP contribution < -0.4 is 11.1 Å². The monoisotopic (exact) mass is 389 g/mol. The molecule has 0 aliphatic heterocycles. The van der Waals surface area contributed by atoms with Crippen molar-refractivity contribution in [3.05, 3.63) is 35.7 Å². The summed E-state index contributed by atoms with van der Waals surface area (Å²) in [4.78, 5) is 34.9. The van der Waals surface area contributed by atoms with Gasteiger partial charge in [0.15, 0.2) is 10.9 Å². The van der Waals surface area contributed by atoms with Gasteiger partial charge in [0.05, 0.1) is 5.25 Å². The smallest absolute Gasteiger partial charge is 0.237 e. The predicted molar refractivity (Wildman–Crippen MR) is 104 cm³/mol. The molecule has 0 saturated carbocycles. The minimum atomic E-state index is -0.426. The standard InChI is InChI=1S/C18H23N5O3S/c1-4-23-16(9-8-15(19)25)21-22-18(23)27-12(3)17(26)20-14-7-5-6-13(10-14)11(2)24/h5-7,10,12H,4,8-9H2,1-3H3,(H2,19,25)(H,20,26)/t12-/m0/s1. The van der Waals surface area contributed by atoms with Crippen LogP contribution in [0.1, 0.15) is 43.4 Å². The largest absolute Gasteiger partial charge is 0.370 e. The molecule has 0 fully saturated rings. The van der Waals surface area contributed by atoms with Crippen LogP contribution in [0, 0.1) is 0 Å². The molecule has 1 aromatic heterocycles. The van der Waals surface area contributed by atoms with Crippen molar-refractivity contribution < 1.29 is 14.4 Å². The van der Waals surface area contributed by atoms with Crippen LogP contribution in [0.15, 0.2) is 29.4 Å². The zero-order valence-electron chi connectivity index (χ0n) is 15.6. The zero-order chi connectivity index (χ0) is 20.0. The van der Waals surface area contributed by atoms with Crippen molar-refractivity contribution in [1.29, 1.82) is 0 Å². The molecule has 0 aliphatic carbocycles. The molecule has 2 amide bonds. The van der Waals surface area contributed by atoms with Gasteiger partial charge in [-0.15, -0.1) is 10.2 Å². The molecule has 0 bridgehead atoms. The van der Waals surface area contributed by atoms with Crippen LogP contribution in [0.4, 0.5) is 5.69 Å². The summed E-state index contributed by atoms with van der Waals surface area (Å²) in [6.45, 7) is 5.82. The number of nitrogens with two attached hydrogens (primary N) is 1. The van der Waals surface area contributed by atoms with Gasteiger partial charge in [-0.25, -0.2) is 0 Å². The lowest BCUT2D eigenvalue weighted by atomic mass is 10.1. The summed E-state index contributed by atoms with van der Waals surface area (Å²) >= 11 is 1.28. The van der Waals surface area contributed by atoms with Gasteiger partial charge in [0.25, 0.3) is 0 Å². The van der Waals surface area contributed by atoms with Crippen molar-refractivity contribution in [2.24, 2.45) is 5.73 Å². The Morgan fingerprint density at radius 3 is 2.67 bits per heavy atom. The van der Waals surface area contributed by atoms with Gasteiger partial charge in [-0.1, -0.05) is 23.9 Å². The number of carbonyl (C=O) groups is 3. The second-order valence-corrected chi connectivity index (χ2v) is 7.30. The molecule has 27 heavy (non-hydrogen) atoms. The van der Waals surface area contributed by atoms with Crippen LogP contribution in [-0.2, 0) is 22.6 Å². The number of amides is 2.